The minimum Gasteiger partial charge on any atom is -0.444 e. The van der Waals surface area contributed by atoms with Gasteiger partial charge in [0.05, 0.1) is 18.9 Å². The molecule has 0 spiro atoms. The van der Waals surface area contributed by atoms with E-state index in [1.165, 1.54) is 0 Å². The number of anilines is 1. The Kier molecular flexibility index (Phi) is 5.82. The van der Waals surface area contributed by atoms with E-state index in [2.05, 4.69) is 21.3 Å². The average molecular weight is 424 g/mol. The van der Waals surface area contributed by atoms with Crippen LogP contribution in [0.2, 0.25) is 0 Å². The molecule has 1 aromatic carbocycles. The summed E-state index contributed by atoms with van der Waals surface area (Å²) in [6.45, 7) is 11.1. The van der Waals surface area contributed by atoms with Crippen LogP contribution in [0.25, 0.3) is 16.9 Å². The second-order valence-corrected chi connectivity index (χ2v) is 8.70. The van der Waals surface area contributed by atoms with Gasteiger partial charge in [0.1, 0.15) is 5.60 Å². The average Bonchev–Trinajstić information content (AvgIpc) is 3.17. The first-order valence-electron chi connectivity index (χ1n) is 10.5. The lowest BCUT2D eigenvalue weighted by molar-refractivity contribution is 0.0523. The zero-order valence-electron chi connectivity index (χ0n) is 18.5. The van der Waals surface area contributed by atoms with Crippen molar-refractivity contribution in [3.05, 3.63) is 47.7 Å². The second kappa shape index (κ2) is 8.55. The number of ether oxygens (including phenoxy) is 2. The van der Waals surface area contributed by atoms with Crippen LogP contribution in [0.3, 0.4) is 0 Å². The SMILES string of the molecule is Cc1cc(-c2ccnc3cc(N4CCOCC4)nn23)ccc1CNC(=O)OC(C)(C)C. The van der Waals surface area contributed by atoms with Crippen molar-refractivity contribution in [2.75, 3.05) is 31.2 Å². The molecule has 0 unspecified atom stereocenters. The number of hydrogen-bond donors (Lipinski definition) is 1. The van der Waals surface area contributed by atoms with Crippen LogP contribution in [-0.4, -0.2) is 52.6 Å². The van der Waals surface area contributed by atoms with Crippen molar-refractivity contribution in [3.8, 4) is 11.3 Å². The number of fused-ring (bicyclic) bond motifs is 1. The highest BCUT2D eigenvalue weighted by Gasteiger charge is 2.18. The summed E-state index contributed by atoms with van der Waals surface area (Å²) in [4.78, 5) is 18.7. The zero-order valence-corrected chi connectivity index (χ0v) is 18.5. The van der Waals surface area contributed by atoms with E-state index in [1.807, 2.05) is 62.7 Å². The minimum absolute atomic E-state index is 0.412. The quantitative estimate of drug-likeness (QED) is 0.691. The second-order valence-electron chi connectivity index (χ2n) is 8.70. The molecule has 1 aliphatic rings. The molecule has 1 aliphatic heterocycles. The lowest BCUT2D eigenvalue weighted by atomic mass is 10.0. The molecule has 1 N–H and O–H groups in total. The van der Waals surface area contributed by atoms with Crippen LogP contribution in [0.5, 0.6) is 0 Å². The molecule has 1 saturated heterocycles. The summed E-state index contributed by atoms with van der Waals surface area (Å²) < 4.78 is 12.6. The third kappa shape index (κ3) is 4.96. The smallest absolute Gasteiger partial charge is 0.407 e. The number of hydrogen-bond acceptors (Lipinski definition) is 6. The number of alkyl carbamates (subject to hydrolysis) is 1. The topological polar surface area (TPSA) is 81.0 Å². The maximum atomic E-state index is 11.9. The van der Waals surface area contributed by atoms with Crippen molar-refractivity contribution in [2.45, 2.75) is 39.8 Å². The first-order valence-corrected chi connectivity index (χ1v) is 10.5. The van der Waals surface area contributed by atoms with Crippen LogP contribution >= 0.6 is 0 Å². The van der Waals surface area contributed by atoms with Gasteiger partial charge < -0.3 is 19.7 Å². The van der Waals surface area contributed by atoms with E-state index in [1.54, 1.807) is 0 Å². The number of aryl methyl sites for hydroxylation is 1. The molecule has 1 fully saturated rings. The van der Waals surface area contributed by atoms with E-state index in [0.29, 0.717) is 19.8 Å². The van der Waals surface area contributed by atoms with Crippen molar-refractivity contribution in [3.63, 3.8) is 0 Å². The summed E-state index contributed by atoms with van der Waals surface area (Å²) >= 11 is 0. The predicted molar refractivity (Wildman–Crippen MR) is 119 cm³/mol. The number of rotatable bonds is 4. The highest BCUT2D eigenvalue weighted by Crippen LogP contribution is 2.25. The van der Waals surface area contributed by atoms with Gasteiger partial charge >= 0.3 is 6.09 Å². The number of nitrogens with zero attached hydrogens (tertiary/aromatic N) is 4. The number of nitrogens with one attached hydrogen (secondary N) is 1. The van der Waals surface area contributed by atoms with Crippen LogP contribution in [0.4, 0.5) is 10.6 Å². The molecule has 0 saturated carbocycles. The zero-order chi connectivity index (χ0) is 22.0. The van der Waals surface area contributed by atoms with Gasteiger partial charge in [-0.15, -0.1) is 5.10 Å². The Bertz CT molecular complexity index is 1080. The summed E-state index contributed by atoms with van der Waals surface area (Å²) in [6.07, 6.45) is 1.39. The highest BCUT2D eigenvalue weighted by atomic mass is 16.6. The highest BCUT2D eigenvalue weighted by molar-refractivity contribution is 5.68. The van der Waals surface area contributed by atoms with E-state index >= 15 is 0 Å². The third-order valence-electron chi connectivity index (χ3n) is 5.14. The van der Waals surface area contributed by atoms with Crippen LogP contribution in [0.1, 0.15) is 31.9 Å². The first kappa shape index (κ1) is 21.1. The molecule has 3 aromatic rings. The van der Waals surface area contributed by atoms with Gasteiger partial charge in [-0.3, -0.25) is 0 Å². The first-order chi connectivity index (χ1) is 14.8. The number of aromatic nitrogens is 3. The minimum atomic E-state index is -0.514. The summed E-state index contributed by atoms with van der Waals surface area (Å²) in [5.41, 5.74) is 4.43. The normalized spacial score (nSPS) is 14.6. The van der Waals surface area contributed by atoms with Gasteiger partial charge in [-0.25, -0.2) is 14.3 Å². The summed E-state index contributed by atoms with van der Waals surface area (Å²) in [7, 11) is 0. The molecule has 2 aromatic heterocycles. The van der Waals surface area contributed by atoms with Crippen molar-refractivity contribution < 1.29 is 14.3 Å². The van der Waals surface area contributed by atoms with Crippen molar-refractivity contribution >= 4 is 17.6 Å². The van der Waals surface area contributed by atoms with Gasteiger partial charge in [0, 0.05) is 37.5 Å². The maximum Gasteiger partial charge on any atom is 0.407 e. The number of carbonyl (C=O) groups excluding carboxylic acids is 1. The summed E-state index contributed by atoms with van der Waals surface area (Å²) in [6, 6.07) is 10.2. The van der Waals surface area contributed by atoms with Crippen molar-refractivity contribution in [2.24, 2.45) is 0 Å². The fourth-order valence-corrected chi connectivity index (χ4v) is 3.58. The molecule has 3 heterocycles. The van der Waals surface area contributed by atoms with E-state index in [0.717, 1.165) is 46.9 Å². The molecule has 0 atom stereocenters. The molecule has 1 amide bonds. The third-order valence-corrected chi connectivity index (χ3v) is 5.14. The largest absolute Gasteiger partial charge is 0.444 e. The number of benzene rings is 1. The fourth-order valence-electron chi connectivity index (χ4n) is 3.58. The molecule has 8 heteroatoms. The van der Waals surface area contributed by atoms with Gasteiger partial charge in [-0.1, -0.05) is 12.1 Å². The lowest BCUT2D eigenvalue weighted by Crippen LogP contribution is -2.36. The van der Waals surface area contributed by atoms with E-state index < -0.39 is 11.7 Å². The number of morpholine rings is 1. The van der Waals surface area contributed by atoms with E-state index in [9.17, 15) is 4.79 Å². The Balaban J connectivity index is 1.55. The molecule has 0 aliphatic carbocycles. The molecular formula is C23H29N5O3. The van der Waals surface area contributed by atoms with Crippen LogP contribution in [-0.2, 0) is 16.0 Å². The van der Waals surface area contributed by atoms with Crippen LogP contribution in [0.15, 0.2) is 36.5 Å². The molecule has 0 radical (unpaired) electrons. The fraction of sp³-hybridized carbons (Fsp3) is 0.435. The van der Waals surface area contributed by atoms with Crippen molar-refractivity contribution in [1.82, 2.24) is 19.9 Å². The molecular weight excluding hydrogens is 394 g/mol. The van der Waals surface area contributed by atoms with Gasteiger partial charge in [-0.05, 0) is 51.0 Å². The Morgan fingerprint density at radius 2 is 1.97 bits per heavy atom. The Morgan fingerprint density at radius 3 is 2.68 bits per heavy atom. The molecule has 8 nitrogen and oxygen atoms in total. The molecule has 0 bridgehead atoms. The lowest BCUT2D eigenvalue weighted by Gasteiger charge is -2.26. The van der Waals surface area contributed by atoms with Crippen LogP contribution < -0.4 is 10.2 Å². The number of carbonyl (C=O) groups is 1. The Labute approximate surface area is 182 Å². The predicted octanol–water partition coefficient (Wildman–Crippen LogP) is 3.57. The number of amides is 1. The van der Waals surface area contributed by atoms with Gasteiger partial charge in [-0.2, -0.15) is 0 Å². The monoisotopic (exact) mass is 423 g/mol. The molecule has 164 valence electrons. The Hall–Kier alpha value is -3.13. The summed E-state index contributed by atoms with van der Waals surface area (Å²) in [5.74, 6) is 0.915. The van der Waals surface area contributed by atoms with Gasteiger partial charge in [0.15, 0.2) is 11.5 Å². The molecule has 4 rings (SSSR count). The van der Waals surface area contributed by atoms with Crippen molar-refractivity contribution in [1.29, 1.82) is 0 Å². The van der Waals surface area contributed by atoms with E-state index in [4.69, 9.17) is 14.6 Å². The van der Waals surface area contributed by atoms with Crippen LogP contribution in [0, 0.1) is 6.92 Å². The molecule has 31 heavy (non-hydrogen) atoms. The van der Waals surface area contributed by atoms with E-state index in [-0.39, 0.29) is 0 Å². The van der Waals surface area contributed by atoms with Gasteiger partial charge in [0.2, 0.25) is 0 Å². The van der Waals surface area contributed by atoms with Gasteiger partial charge in [0.25, 0.3) is 0 Å². The maximum absolute atomic E-state index is 11.9. The summed E-state index contributed by atoms with van der Waals surface area (Å²) in [5, 5.41) is 7.63. The Morgan fingerprint density at radius 1 is 1.19 bits per heavy atom. The standard InChI is InChI=1S/C23H29N5O3/c1-16-13-17(5-6-18(16)15-25-22(29)31-23(2,3)4)19-7-8-24-20-14-21(26-28(19)20)27-9-11-30-12-10-27/h5-8,13-14H,9-12,15H2,1-4H3,(H,25,29).